The van der Waals surface area contributed by atoms with Gasteiger partial charge in [0.2, 0.25) is 5.91 Å². The largest absolute Gasteiger partial charge is 0.371 e. The molecule has 2 N–H and O–H groups in total. The van der Waals surface area contributed by atoms with Gasteiger partial charge in [0.1, 0.15) is 0 Å². The van der Waals surface area contributed by atoms with E-state index >= 15 is 0 Å². The number of carbonyl (C=O) groups is 1. The van der Waals surface area contributed by atoms with Gasteiger partial charge in [-0.05, 0) is 37.8 Å². The highest BCUT2D eigenvalue weighted by atomic mass is 16.1. The van der Waals surface area contributed by atoms with Gasteiger partial charge in [0.05, 0.1) is 0 Å². The van der Waals surface area contributed by atoms with Gasteiger partial charge in [-0.1, -0.05) is 0 Å². The van der Waals surface area contributed by atoms with Gasteiger partial charge in [0.15, 0.2) is 0 Å². The second-order valence-corrected chi connectivity index (χ2v) is 4.78. The number of aromatic nitrogens is 1. The molecule has 1 unspecified atom stereocenters. The smallest absolute Gasteiger partial charge is 0.217 e. The second-order valence-electron chi connectivity index (χ2n) is 4.78. The fraction of sp³-hybridized carbons (Fsp3) is 0.538. The topological polar surface area (TPSA) is 59.2 Å². The second kappa shape index (κ2) is 5.17. The first kappa shape index (κ1) is 11.9. The van der Waals surface area contributed by atoms with Gasteiger partial charge in [-0.2, -0.15) is 0 Å². The summed E-state index contributed by atoms with van der Waals surface area (Å²) >= 11 is 0. The van der Waals surface area contributed by atoms with Crippen LogP contribution in [0.2, 0.25) is 0 Å². The molecule has 92 valence electrons. The Bertz CT molecular complexity index is 405. The Morgan fingerprint density at radius 2 is 2.47 bits per heavy atom. The first-order chi connectivity index (χ1) is 8.15. The van der Waals surface area contributed by atoms with E-state index in [-0.39, 0.29) is 5.91 Å². The Kier molecular flexibility index (Phi) is 3.61. The normalized spacial score (nSPS) is 20.3. The van der Waals surface area contributed by atoms with Gasteiger partial charge in [0, 0.05) is 37.1 Å². The molecule has 0 aromatic carbocycles. The standard InChI is InChI=1S/C13H19N3O/c1-10-7-12(4-5-15-10)16-6-2-3-11(9-16)8-13(14)17/h4-5,7,11H,2-3,6,8-9H2,1H3,(H2,14,17). The number of pyridine rings is 1. The van der Waals surface area contributed by atoms with Crippen LogP contribution in [0.1, 0.15) is 25.0 Å². The number of nitrogens with two attached hydrogens (primary N) is 1. The number of hydrogen-bond acceptors (Lipinski definition) is 3. The van der Waals surface area contributed by atoms with E-state index in [1.165, 1.54) is 5.69 Å². The van der Waals surface area contributed by atoms with Crippen LogP contribution in [0.25, 0.3) is 0 Å². The van der Waals surface area contributed by atoms with E-state index in [2.05, 4.69) is 16.0 Å². The fourth-order valence-corrected chi connectivity index (χ4v) is 2.48. The molecule has 2 heterocycles. The maximum atomic E-state index is 11.0. The van der Waals surface area contributed by atoms with Crippen LogP contribution in [0.15, 0.2) is 18.3 Å². The molecule has 0 radical (unpaired) electrons. The molecule has 1 aliphatic rings. The average molecular weight is 233 g/mol. The van der Waals surface area contributed by atoms with Crippen molar-refractivity contribution in [2.24, 2.45) is 11.7 Å². The molecule has 2 rings (SSSR count). The van der Waals surface area contributed by atoms with Crippen LogP contribution in [0.5, 0.6) is 0 Å². The molecule has 4 heteroatoms. The number of piperidine rings is 1. The summed E-state index contributed by atoms with van der Waals surface area (Å²) < 4.78 is 0. The highest BCUT2D eigenvalue weighted by molar-refractivity contribution is 5.74. The highest BCUT2D eigenvalue weighted by Gasteiger charge is 2.21. The number of carbonyl (C=O) groups excluding carboxylic acids is 1. The summed E-state index contributed by atoms with van der Waals surface area (Å²) in [6.45, 7) is 3.97. The third-order valence-corrected chi connectivity index (χ3v) is 3.25. The summed E-state index contributed by atoms with van der Waals surface area (Å²) in [5.41, 5.74) is 7.49. The van der Waals surface area contributed by atoms with E-state index in [0.29, 0.717) is 12.3 Å². The van der Waals surface area contributed by atoms with Crippen LogP contribution in [0, 0.1) is 12.8 Å². The maximum absolute atomic E-state index is 11.0. The summed E-state index contributed by atoms with van der Waals surface area (Å²) in [6.07, 6.45) is 4.56. The number of primary amides is 1. The van der Waals surface area contributed by atoms with E-state index in [1.807, 2.05) is 19.2 Å². The van der Waals surface area contributed by atoms with Crippen molar-refractivity contribution in [3.63, 3.8) is 0 Å². The van der Waals surface area contributed by atoms with E-state index < -0.39 is 0 Å². The maximum Gasteiger partial charge on any atom is 0.217 e. The Morgan fingerprint density at radius 3 is 3.18 bits per heavy atom. The lowest BCUT2D eigenvalue weighted by atomic mass is 9.94. The Balaban J connectivity index is 2.04. The molecule has 1 aromatic rings. The van der Waals surface area contributed by atoms with Crippen molar-refractivity contribution in [1.82, 2.24) is 4.98 Å². The van der Waals surface area contributed by atoms with Crippen LogP contribution in [-0.2, 0) is 4.79 Å². The number of amides is 1. The lowest BCUT2D eigenvalue weighted by Crippen LogP contribution is -2.37. The fourth-order valence-electron chi connectivity index (χ4n) is 2.48. The van der Waals surface area contributed by atoms with Gasteiger partial charge in [-0.3, -0.25) is 9.78 Å². The molecule has 0 bridgehead atoms. The van der Waals surface area contributed by atoms with E-state index in [0.717, 1.165) is 31.6 Å². The molecule has 0 aliphatic carbocycles. The molecular formula is C13H19N3O. The summed E-state index contributed by atoms with van der Waals surface area (Å²) in [5.74, 6) is 0.206. The molecule has 1 aromatic heterocycles. The summed E-state index contributed by atoms with van der Waals surface area (Å²) in [7, 11) is 0. The molecule has 1 amide bonds. The predicted octanol–water partition coefficient (Wildman–Crippen LogP) is 1.48. The molecule has 0 spiro atoms. The molecule has 1 aliphatic heterocycles. The van der Waals surface area contributed by atoms with Crippen molar-refractivity contribution in [2.45, 2.75) is 26.2 Å². The Morgan fingerprint density at radius 1 is 1.65 bits per heavy atom. The minimum absolute atomic E-state index is 0.192. The third-order valence-electron chi connectivity index (χ3n) is 3.25. The minimum Gasteiger partial charge on any atom is -0.371 e. The number of hydrogen-bond donors (Lipinski definition) is 1. The monoisotopic (exact) mass is 233 g/mol. The number of nitrogens with zero attached hydrogens (tertiary/aromatic N) is 2. The summed E-state index contributed by atoms with van der Waals surface area (Å²) in [5, 5.41) is 0. The van der Waals surface area contributed by atoms with E-state index in [1.54, 1.807) is 0 Å². The third kappa shape index (κ3) is 3.19. The van der Waals surface area contributed by atoms with Crippen molar-refractivity contribution in [3.8, 4) is 0 Å². The average Bonchev–Trinajstić information content (AvgIpc) is 2.28. The number of anilines is 1. The van der Waals surface area contributed by atoms with Gasteiger partial charge in [0.25, 0.3) is 0 Å². The number of aryl methyl sites for hydroxylation is 1. The van der Waals surface area contributed by atoms with Crippen molar-refractivity contribution in [2.75, 3.05) is 18.0 Å². The van der Waals surface area contributed by atoms with Gasteiger partial charge < -0.3 is 10.6 Å². The van der Waals surface area contributed by atoms with Gasteiger partial charge >= 0.3 is 0 Å². The minimum atomic E-state index is -0.192. The quantitative estimate of drug-likeness (QED) is 0.860. The van der Waals surface area contributed by atoms with Crippen molar-refractivity contribution in [3.05, 3.63) is 24.0 Å². The molecule has 1 saturated heterocycles. The first-order valence-electron chi connectivity index (χ1n) is 6.11. The summed E-state index contributed by atoms with van der Waals surface area (Å²) in [4.78, 5) is 17.5. The highest BCUT2D eigenvalue weighted by Crippen LogP contribution is 2.24. The van der Waals surface area contributed by atoms with Gasteiger partial charge in [-0.15, -0.1) is 0 Å². The molecule has 1 atom stereocenters. The molecule has 4 nitrogen and oxygen atoms in total. The number of rotatable bonds is 3. The molecular weight excluding hydrogens is 214 g/mol. The zero-order valence-corrected chi connectivity index (χ0v) is 10.2. The van der Waals surface area contributed by atoms with Crippen molar-refractivity contribution >= 4 is 11.6 Å². The van der Waals surface area contributed by atoms with Crippen LogP contribution in [-0.4, -0.2) is 24.0 Å². The van der Waals surface area contributed by atoms with E-state index in [4.69, 9.17) is 5.73 Å². The Labute approximate surface area is 102 Å². The summed E-state index contributed by atoms with van der Waals surface area (Å²) in [6, 6.07) is 4.12. The van der Waals surface area contributed by atoms with Crippen molar-refractivity contribution < 1.29 is 4.79 Å². The zero-order valence-electron chi connectivity index (χ0n) is 10.2. The lowest BCUT2D eigenvalue weighted by molar-refractivity contribution is -0.118. The van der Waals surface area contributed by atoms with Crippen LogP contribution < -0.4 is 10.6 Å². The lowest BCUT2D eigenvalue weighted by Gasteiger charge is -2.34. The van der Waals surface area contributed by atoms with Gasteiger partial charge in [-0.25, -0.2) is 0 Å². The molecule has 17 heavy (non-hydrogen) atoms. The van der Waals surface area contributed by atoms with Crippen LogP contribution in [0.3, 0.4) is 0 Å². The van der Waals surface area contributed by atoms with Crippen LogP contribution in [0.4, 0.5) is 5.69 Å². The SMILES string of the molecule is Cc1cc(N2CCCC(CC(N)=O)C2)ccn1. The van der Waals surface area contributed by atoms with Crippen molar-refractivity contribution in [1.29, 1.82) is 0 Å². The Hall–Kier alpha value is -1.58. The van der Waals surface area contributed by atoms with Crippen LogP contribution >= 0.6 is 0 Å². The molecule has 0 saturated carbocycles. The zero-order chi connectivity index (χ0) is 12.3. The van der Waals surface area contributed by atoms with E-state index in [9.17, 15) is 4.79 Å². The predicted molar refractivity (Wildman–Crippen MR) is 67.7 cm³/mol. The first-order valence-corrected chi connectivity index (χ1v) is 6.11. The molecule has 1 fully saturated rings.